The lowest BCUT2D eigenvalue weighted by atomic mass is 9.54. The first-order valence-corrected chi connectivity index (χ1v) is 7.47. The van der Waals surface area contributed by atoms with E-state index >= 15 is 0 Å². The number of hydrogen-bond donors (Lipinski definition) is 2. The van der Waals surface area contributed by atoms with Crippen molar-refractivity contribution in [2.45, 2.75) is 42.8 Å². The third kappa shape index (κ3) is 0.996. The van der Waals surface area contributed by atoms with Gasteiger partial charge in [0, 0.05) is 5.56 Å². The van der Waals surface area contributed by atoms with E-state index in [1.807, 2.05) is 13.0 Å². The van der Waals surface area contributed by atoms with Crippen molar-refractivity contribution < 1.29 is 19.7 Å². The molecule has 1 saturated carbocycles. The highest BCUT2D eigenvalue weighted by atomic mass is 16.5. The molecule has 0 amide bonds. The van der Waals surface area contributed by atoms with Gasteiger partial charge < -0.3 is 14.9 Å². The van der Waals surface area contributed by atoms with Gasteiger partial charge in [0.25, 0.3) is 0 Å². The lowest BCUT2D eigenvalue weighted by Gasteiger charge is -2.52. The highest BCUT2D eigenvalue weighted by Gasteiger charge is 2.72. The molecule has 1 aromatic rings. The third-order valence-corrected chi connectivity index (χ3v) is 6.17. The number of aliphatic hydroxyl groups is 1. The molecule has 1 aromatic carbocycles. The Bertz CT molecular complexity index is 737. The number of benzene rings is 1. The summed E-state index contributed by atoms with van der Waals surface area (Å²) in [6.07, 6.45) is 4.03. The number of ether oxygens (including phenoxy) is 1. The molecule has 21 heavy (non-hydrogen) atoms. The molecule has 4 heteroatoms. The van der Waals surface area contributed by atoms with Gasteiger partial charge in [0.1, 0.15) is 0 Å². The summed E-state index contributed by atoms with van der Waals surface area (Å²) in [5.74, 6) is 0.737. The molecule has 2 N–H and O–H groups in total. The molecule has 0 saturated heterocycles. The second kappa shape index (κ2) is 3.17. The van der Waals surface area contributed by atoms with E-state index in [1.165, 1.54) is 6.08 Å². The Morgan fingerprint density at radius 3 is 3.00 bits per heavy atom. The maximum atomic E-state index is 12.4. The maximum absolute atomic E-state index is 12.4. The smallest absolute Gasteiger partial charge is 0.196 e. The summed E-state index contributed by atoms with van der Waals surface area (Å²) < 4.78 is 5.84. The van der Waals surface area contributed by atoms with Gasteiger partial charge in [-0.3, -0.25) is 4.79 Å². The van der Waals surface area contributed by atoms with Crippen molar-refractivity contribution in [2.24, 2.45) is 5.92 Å². The lowest BCUT2D eigenvalue weighted by Crippen LogP contribution is -2.64. The van der Waals surface area contributed by atoms with Crippen molar-refractivity contribution in [3.05, 3.63) is 35.4 Å². The van der Waals surface area contributed by atoms with Crippen molar-refractivity contribution in [2.75, 3.05) is 0 Å². The maximum Gasteiger partial charge on any atom is 0.196 e. The van der Waals surface area contributed by atoms with Gasteiger partial charge >= 0.3 is 0 Å². The normalized spacial score (nSPS) is 44.7. The monoisotopic (exact) mass is 284 g/mol. The Kier molecular flexibility index (Phi) is 1.78. The Hall–Kier alpha value is -1.81. The molecule has 108 valence electrons. The number of ketones is 1. The van der Waals surface area contributed by atoms with Crippen LogP contribution < -0.4 is 4.74 Å². The zero-order valence-electron chi connectivity index (χ0n) is 11.7. The summed E-state index contributed by atoms with van der Waals surface area (Å²) >= 11 is 0. The van der Waals surface area contributed by atoms with Gasteiger partial charge in [0.05, 0.1) is 11.0 Å². The van der Waals surface area contributed by atoms with Crippen LogP contribution in [0.25, 0.3) is 0 Å². The van der Waals surface area contributed by atoms with E-state index in [9.17, 15) is 15.0 Å². The molecule has 4 aliphatic rings. The first kappa shape index (κ1) is 11.8. The minimum absolute atomic E-state index is 0.0483. The summed E-state index contributed by atoms with van der Waals surface area (Å²) in [7, 11) is 0. The van der Waals surface area contributed by atoms with Crippen molar-refractivity contribution in [1.82, 2.24) is 0 Å². The molecule has 1 heterocycles. The molecule has 0 aromatic heterocycles. The van der Waals surface area contributed by atoms with Crippen LogP contribution in [-0.2, 0) is 10.2 Å². The Morgan fingerprint density at radius 1 is 1.38 bits per heavy atom. The van der Waals surface area contributed by atoms with E-state index in [4.69, 9.17) is 4.74 Å². The Morgan fingerprint density at radius 2 is 2.19 bits per heavy atom. The number of fused-ring (bicyclic) bond motifs is 2. The zero-order chi connectivity index (χ0) is 14.6. The van der Waals surface area contributed by atoms with Crippen molar-refractivity contribution in [3.8, 4) is 11.5 Å². The number of rotatable bonds is 0. The molecule has 1 aliphatic heterocycles. The van der Waals surface area contributed by atoms with Crippen LogP contribution in [0.1, 0.15) is 36.8 Å². The first-order chi connectivity index (χ1) is 9.99. The predicted molar refractivity (Wildman–Crippen MR) is 74.4 cm³/mol. The van der Waals surface area contributed by atoms with Gasteiger partial charge in [-0.1, -0.05) is 13.0 Å². The molecule has 5 unspecified atom stereocenters. The average Bonchev–Trinajstić information content (AvgIpc) is 2.93. The molecular weight excluding hydrogens is 268 g/mol. The summed E-state index contributed by atoms with van der Waals surface area (Å²) in [6.45, 7) is 2.04. The fourth-order valence-corrected chi connectivity index (χ4v) is 5.30. The van der Waals surface area contributed by atoms with Gasteiger partial charge in [-0.05, 0) is 48.5 Å². The quantitative estimate of drug-likeness (QED) is 0.762. The van der Waals surface area contributed by atoms with Gasteiger partial charge in [0.2, 0.25) is 0 Å². The van der Waals surface area contributed by atoms with Crippen LogP contribution in [-0.4, -0.2) is 27.7 Å². The van der Waals surface area contributed by atoms with Crippen LogP contribution in [0.3, 0.4) is 0 Å². The second-order valence-corrected chi connectivity index (χ2v) is 6.95. The Labute approximate surface area is 122 Å². The van der Waals surface area contributed by atoms with Gasteiger partial charge in [-0.15, -0.1) is 0 Å². The highest BCUT2D eigenvalue weighted by Crippen LogP contribution is 2.69. The van der Waals surface area contributed by atoms with Gasteiger partial charge in [-0.2, -0.15) is 0 Å². The van der Waals surface area contributed by atoms with Crippen LogP contribution >= 0.6 is 0 Å². The Balaban J connectivity index is 1.93. The number of carbonyl (C=O) groups is 1. The van der Waals surface area contributed by atoms with Crippen molar-refractivity contribution >= 4 is 5.78 Å². The number of carbonyl (C=O) groups excluding carboxylic acids is 1. The molecule has 1 fully saturated rings. The van der Waals surface area contributed by atoms with Crippen molar-refractivity contribution in [1.29, 1.82) is 0 Å². The third-order valence-electron chi connectivity index (χ3n) is 6.17. The predicted octanol–water partition coefficient (Wildman–Crippen LogP) is 1.79. The topological polar surface area (TPSA) is 66.8 Å². The van der Waals surface area contributed by atoms with E-state index in [0.29, 0.717) is 11.7 Å². The highest BCUT2D eigenvalue weighted by molar-refractivity contribution is 5.99. The number of aromatic hydroxyl groups is 1. The van der Waals surface area contributed by atoms with E-state index < -0.39 is 17.1 Å². The molecule has 2 bridgehead atoms. The molecule has 0 radical (unpaired) electrons. The number of hydrogen-bond acceptors (Lipinski definition) is 4. The van der Waals surface area contributed by atoms with Gasteiger partial charge in [-0.25, -0.2) is 0 Å². The SMILES string of the molecule is CC1CC2CC34c5c2ccc(O)c5OC3C(=O)C=CC14O. The molecule has 5 atom stereocenters. The van der Waals surface area contributed by atoms with Crippen LogP contribution in [0.4, 0.5) is 0 Å². The second-order valence-electron chi connectivity index (χ2n) is 6.95. The molecule has 3 aliphatic carbocycles. The van der Waals surface area contributed by atoms with E-state index in [-0.39, 0.29) is 17.5 Å². The summed E-state index contributed by atoms with van der Waals surface area (Å²) in [5, 5.41) is 21.5. The largest absolute Gasteiger partial charge is 0.504 e. The van der Waals surface area contributed by atoms with Crippen LogP contribution in [0.2, 0.25) is 0 Å². The molecule has 5 rings (SSSR count). The molecule has 4 nitrogen and oxygen atoms in total. The van der Waals surface area contributed by atoms with Crippen molar-refractivity contribution in [3.63, 3.8) is 0 Å². The minimum Gasteiger partial charge on any atom is -0.504 e. The average molecular weight is 284 g/mol. The number of phenols is 1. The van der Waals surface area contributed by atoms with Crippen LogP contribution in [0.5, 0.6) is 11.5 Å². The fourth-order valence-electron chi connectivity index (χ4n) is 5.30. The zero-order valence-corrected chi connectivity index (χ0v) is 11.7. The summed E-state index contributed by atoms with van der Waals surface area (Å²) in [4.78, 5) is 12.4. The minimum atomic E-state index is -1.08. The number of phenolic OH excluding ortho intramolecular Hbond substituents is 1. The van der Waals surface area contributed by atoms with E-state index in [2.05, 4.69) is 0 Å². The van der Waals surface area contributed by atoms with Gasteiger partial charge in [0.15, 0.2) is 23.4 Å². The van der Waals surface area contributed by atoms with E-state index in [0.717, 1.165) is 24.0 Å². The standard InChI is InChI=1S/C17H16O4/c1-8-6-9-7-16-13-10(9)2-3-11(18)14(13)21-15(16)12(19)4-5-17(8,16)20/h2-5,8-9,15,18,20H,6-7H2,1H3. The lowest BCUT2D eigenvalue weighted by molar-refractivity contribution is -0.140. The molecular formula is C17H16O4. The fraction of sp³-hybridized carbons (Fsp3) is 0.471. The molecule has 1 spiro atoms. The first-order valence-electron chi connectivity index (χ1n) is 7.47. The van der Waals surface area contributed by atoms with Crippen LogP contribution in [0.15, 0.2) is 24.3 Å². The van der Waals surface area contributed by atoms with Crippen LogP contribution in [0, 0.1) is 5.92 Å². The summed E-state index contributed by atoms with van der Waals surface area (Å²) in [6, 6.07) is 3.57. The summed E-state index contributed by atoms with van der Waals surface area (Å²) in [5.41, 5.74) is 0.218. The van der Waals surface area contributed by atoms with E-state index in [1.54, 1.807) is 12.1 Å².